The van der Waals surface area contributed by atoms with E-state index in [1.54, 1.807) is 6.33 Å². The Morgan fingerprint density at radius 2 is 1.75 bits per heavy atom. The van der Waals surface area contributed by atoms with E-state index in [-0.39, 0.29) is 0 Å². The maximum absolute atomic E-state index is 6.14. The fourth-order valence-electron chi connectivity index (χ4n) is 5.46. The van der Waals surface area contributed by atoms with Gasteiger partial charge in [0.15, 0.2) is 5.65 Å². The third-order valence-electron chi connectivity index (χ3n) is 6.50. The highest BCUT2D eigenvalue weighted by molar-refractivity contribution is 6.30. The highest BCUT2D eigenvalue weighted by atomic mass is 35.5. The van der Waals surface area contributed by atoms with Crippen molar-refractivity contribution in [3.05, 3.63) is 72.1 Å². The lowest BCUT2D eigenvalue weighted by molar-refractivity contribution is 0.178. The van der Waals surface area contributed by atoms with E-state index < -0.39 is 0 Å². The van der Waals surface area contributed by atoms with Crippen LogP contribution in [-0.4, -0.2) is 20.6 Å². The molecule has 2 heterocycles. The summed E-state index contributed by atoms with van der Waals surface area (Å²) in [5.74, 6) is 1.61. The lowest BCUT2D eigenvalue weighted by Gasteiger charge is -2.39. The molecule has 0 spiro atoms. The first kappa shape index (κ1) is 21.0. The summed E-state index contributed by atoms with van der Waals surface area (Å²) in [4.78, 5) is 9.43. The van der Waals surface area contributed by atoms with Gasteiger partial charge in [0.2, 0.25) is 0 Å². The Morgan fingerprint density at radius 3 is 2.47 bits per heavy atom. The van der Waals surface area contributed by atoms with Crippen LogP contribution in [0.5, 0.6) is 0 Å². The summed E-state index contributed by atoms with van der Waals surface area (Å²) < 4.78 is 2.13. The quantitative estimate of drug-likeness (QED) is 0.357. The first-order chi connectivity index (χ1) is 15.4. The second-order valence-electron chi connectivity index (χ2n) is 9.93. The van der Waals surface area contributed by atoms with Gasteiger partial charge in [0.05, 0.1) is 5.39 Å². The van der Waals surface area contributed by atoms with Crippen molar-refractivity contribution in [1.29, 1.82) is 0 Å². The number of hydrogen-bond donors (Lipinski definition) is 1. The Morgan fingerprint density at radius 1 is 1.00 bits per heavy atom. The number of anilines is 1. The lowest BCUT2D eigenvalue weighted by atomic mass is 9.70. The van der Waals surface area contributed by atoms with E-state index in [9.17, 15) is 0 Å². The fourth-order valence-corrected chi connectivity index (χ4v) is 5.58. The van der Waals surface area contributed by atoms with Gasteiger partial charge in [0.25, 0.3) is 0 Å². The molecule has 1 fully saturated rings. The van der Waals surface area contributed by atoms with Gasteiger partial charge in [-0.3, -0.25) is 0 Å². The number of rotatable bonds is 4. The summed E-state index contributed by atoms with van der Waals surface area (Å²) in [6.45, 7) is 7.11. The third kappa shape index (κ3) is 4.12. The molecule has 164 valence electrons. The van der Waals surface area contributed by atoms with Gasteiger partial charge in [-0.1, -0.05) is 62.7 Å². The van der Waals surface area contributed by atoms with E-state index in [1.807, 2.05) is 30.3 Å². The number of nitrogens with one attached hydrogen (secondary N) is 1. The number of hydrogen-bond acceptors (Lipinski definition) is 3. The maximum atomic E-state index is 6.14. The molecule has 1 saturated carbocycles. The Bertz CT molecular complexity index is 1230. The van der Waals surface area contributed by atoms with E-state index in [4.69, 9.17) is 21.6 Å². The molecule has 1 N–H and O–H groups in total. The first-order valence-electron chi connectivity index (χ1n) is 11.3. The standard InChI is InChI=1S/C27H29ClN4/c1-18-13-21(15-27(2,3)14-18)31-25-24-23(19-7-5-4-6-8-19)16-32(26(24)30-17-29-25)22-11-9-20(28)10-12-22/h4-12,16-18,21H,13-15H2,1-3H3,(H,29,30,31)/t18-,21+/m0/s1. The second kappa shape index (κ2) is 8.25. The van der Waals surface area contributed by atoms with Crippen LogP contribution in [-0.2, 0) is 0 Å². The zero-order valence-electron chi connectivity index (χ0n) is 18.8. The van der Waals surface area contributed by atoms with Gasteiger partial charge < -0.3 is 9.88 Å². The van der Waals surface area contributed by atoms with Crippen molar-refractivity contribution in [3.63, 3.8) is 0 Å². The molecular formula is C27H29ClN4. The molecule has 1 aliphatic carbocycles. The van der Waals surface area contributed by atoms with Gasteiger partial charge in [-0.25, -0.2) is 9.97 Å². The number of benzene rings is 2. The molecule has 4 aromatic rings. The molecule has 0 unspecified atom stereocenters. The van der Waals surface area contributed by atoms with Crippen molar-refractivity contribution in [2.24, 2.45) is 11.3 Å². The van der Waals surface area contributed by atoms with E-state index >= 15 is 0 Å². The van der Waals surface area contributed by atoms with Gasteiger partial charge in [0.1, 0.15) is 12.1 Å². The minimum absolute atomic E-state index is 0.332. The average Bonchev–Trinajstić information content (AvgIpc) is 3.14. The second-order valence-corrected chi connectivity index (χ2v) is 10.4. The van der Waals surface area contributed by atoms with E-state index in [0.29, 0.717) is 17.4 Å². The Kier molecular flexibility index (Phi) is 5.42. The molecule has 5 heteroatoms. The topological polar surface area (TPSA) is 42.7 Å². The van der Waals surface area contributed by atoms with Crippen molar-refractivity contribution >= 4 is 28.5 Å². The van der Waals surface area contributed by atoms with Crippen LogP contribution < -0.4 is 5.32 Å². The molecule has 0 bridgehead atoms. The smallest absolute Gasteiger partial charge is 0.150 e. The number of halogens is 1. The van der Waals surface area contributed by atoms with Crippen molar-refractivity contribution in [3.8, 4) is 16.8 Å². The number of nitrogens with zero attached hydrogens (tertiary/aromatic N) is 3. The van der Waals surface area contributed by atoms with Gasteiger partial charge >= 0.3 is 0 Å². The molecule has 0 radical (unpaired) electrons. The predicted octanol–water partition coefficient (Wildman–Crippen LogP) is 7.37. The zero-order valence-corrected chi connectivity index (χ0v) is 19.6. The largest absolute Gasteiger partial charge is 0.367 e. The van der Waals surface area contributed by atoms with Crippen LogP contribution in [0, 0.1) is 11.3 Å². The van der Waals surface area contributed by atoms with Gasteiger partial charge in [-0.05, 0) is 60.4 Å². The van der Waals surface area contributed by atoms with Gasteiger partial charge in [0, 0.05) is 28.5 Å². The average molecular weight is 445 g/mol. The number of aromatic nitrogens is 3. The van der Waals surface area contributed by atoms with Crippen LogP contribution in [0.25, 0.3) is 27.8 Å². The lowest BCUT2D eigenvalue weighted by Crippen LogP contribution is -2.35. The molecule has 4 nitrogen and oxygen atoms in total. The van der Waals surface area contributed by atoms with Gasteiger partial charge in [-0.15, -0.1) is 0 Å². The molecule has 2 atom stereocenters. The van der Waals surface area contributed by atoms with Crippen LogP contribution >= 0.6 is 11.6 Å². The summed E-state index contributed by atoms with van der Waals surface area (Å²) in [6, 6.07) is 18.7. The van der Waals surface area contributed by atoms with Crippen LogP contribution in [0.3, 0.4) is 0 Å². The molecular weight excluding hydrogens is 416 g/mol. The van der Waals surface area contributed by atoms with E-state index in [0.717, 1.165) is 51.5 Å². The molecule has 0 amide bonds. The Labute approximate surface area is 194 Å². The van der Waals surface area contributed by atoms with Crippen LogP contribution in [0.15, 0.2) is 67.1 Å². The highest BCUT2D eigenvalue weighted by Crippen LogP contribution is 2.41. The summed E-state index contributed by atoms with van der Waals surface area (Å²) in [6.07, 6.45) is 7.40. The van der Waals surface area contributed by atoms with Crippen molar-refractivity contribution in [2.75, 3.05) is 5.32 Å². The monoisotopic (exact) mass is 444 g/mol. The molecule has 0 saturated heterocycles. The SMILES string of the molecule is C[C@H]1C[C@@H](Nc2ncnc3c2c(-c2ccccc2)cn3-c2ccc(Cl)cc2)CC(C)(C)C1. The van der Waals surface area contributed by atoms with Gasteiger partial charge in [-0.2, -0.15) is 0 Å². The molecule has 32 heavy (non-hydrogen) atoms. The number of fused-ring (bicyclic) bond motifs is 1. The summed E-state index contributed by atoms with van der Waals surface area (Å²) in [5, 5.41) is 5.59. The molecule has 2 aromatic carbocycles. The Balaban J connectivity index is 1.65. The highest BCUT2D eigenvalue weighted by Gasteiger charge is 2.32. The third-order valence-corrected chi connectivity index (χ3v) is 6.75. The first-order valence-corrected chi connectivity index (χ1v) is 11.7. The minimum atomic E-state index is 0.332. The molecule has 2 aromatic heterocycles. The maximum Gasteiger partial charge on any atom is 0.150 e. The zero-order chi connectivity index (χ0) is 22.3. The minimum Gasteiger partial charge on any atom is -0.367 e. The fraction of sp³-hybridized carbons (Fsp3) is 0.333. The van der Waals surface area contributed by atoms with Crippen LogP contribution in [0.1, 0.15) is 40.0 Å². The predicted molar refractivity (Wildman–Crippen MR) is 134 cm³/mol. The normalized spacial score (nSPS) is 20.4. The van der Waals surface area contributed by atoms with E-state index in [1.165, 1.54) is 6.42 Å². The molecule has 5 rings (SSSR count). The van der Waals surface area contributed by atoms with Crippen molar-refractivity contribution in [1.82, 2.24) is 14.5 Å². The summed E-state index contributed by atoms with van der Waals surface area (Å²) in [7, 11) is 0. The molecule has 1 aliphatic rings. The summed E-state index contributed by atoms with van der Waals surface area (Å²) >= 11 is 6.14. The van der Waals surface area contributed by atoms with Crippen molar-refractivity contribution < 1.29 is 0 Å². The van der Waals surface area contributed by atoms with E-state index in [2.05, 4.69) is 61.1 Å². The van der Waals surface area contributed by atoms with Crippen LogP contribution in [0.2, 0.25) is 5.02 Å². The van der Waals surface area contributed by atoms with Crippen molar-refractivity contribution in [2.45, 2.75) is 46.1 Å². The summed E-state index contributed by atoms with van der Waals surface area (Å²) in [5.41, 5.74) is 4.53. The van der Waals surface area contributed by atoms with Crippen LogP contribution in [0.4, 0.5) is 5.82 Å². The molecule has 0 aliphatic heterocycles. The Hall–Kier alpha value is -2.85.